The molecule has 0 spiro atoms. The zero-order valence-electron chi connectivity index (χ0n) is 8.89. The molecule has 1 aromatic carbocycles. The molecule has 0 aliphatic rings. The van der Waals surface area contributed by atoms with Crippen LogP contribution in [0.4, 0.5) is 13.2 Å². The van der Waals surface area contributed by atoms with Crippen LogP contribution < -0.4 is 0 Å². The van der Waals surface area contributed by atoms with Gasteiger partial charge in [0.2, 0.25) is 0 Å². The zero-order chi connectivity index (χ0) is 12.3. The van der Waals surface area contributed by atoms with Gasteiger partial charge in [0, 0.05) is 0 Å². The molecule has 0 bridgehead atoms. The molecule has 5 heteroatoms. The predicted molar refractivity (Wildman–Crippen MR) is 52.1 cm³/mol. The highest BCUT2D eigenvalue weighted by Gasteiger charge is 2.35. The van der Waals surface area contributed by atoms with Gasteiger partial charge in [0.15, 0.2) is 0 Å². The van der Waals surface area contributed by atoms with Crippen molar-refractivity contribution in [1.29, 1.82) is 0 Å². The molecule has 0 unspecified atom stereocenters. The van der Waals surface area contributed by atoms with E-state index in [-0.39, 0.29) is 6.61 Å². The molecule has 0 aromatic heterocycles. The van der Waals surface area contributed by atoms with Gasteiger partial charge < -0.3 is 4.74 Å². The van der Waals surface area contributed by atoms with Crippen LogP contribution in [0.1, 0.15) is 28.4 Å². The molecule has 88 valence electrons. The number of hydrogen-bond donors (Lipinski definition) is 0. The largest absolute Gasteiger partial charge is 0.462 e. The first-order valence-electron chi connectivity index (χ1n) is 4.71. The first-order valence-corrected chi connectivity index (χ1v) is 4.71. The number of hydrogen-bond acceptors (Lipinski definition) is 2. The highest BCUT2D eigenvalue weighted by molar-refractivity contribution is 5.91. The fourth-order valence-electron chi connectivity index (χ4n) is 1.28. The molecule has 1 aromatic rings. The average Bonchev–Trinajstić information content (AvgIpc) is 2.16. The van der Waals surface area contributed by atoms with Gasteiger partial charge in [-0.3, -0.25) is 0 Å². The van der Waals surface area contributed by atoms with Crippen molar-refractivity contribution in [2.24, 2.45) is 0 Å². The molecule has 0 aliphatic heterocycles. The summed E-state index contributed by atoms with van der Waals surface area (Å²) in [7, 11) is 0. The first kappa shape index (κ1) is 12.5. The molecule has 0 aliphatic carbocycles. The van der Waals surface area contributed by atoms with Crippen LogP contribution in [-0.2, 0) is 10.9 Å². The Bertz CT molecular complexity index is 397. The van der Waals surface area contributed by atoms with E-state index in [2.05, 4.69) is 4.74 Å². The van der Waals surface area contributed by atoms with Gasteiger partial charge in [-0.15, -0.1) is 0 Å². The number of esters is 1. The molecule has 0 atom stereocenters. The summed E-state index contributed by atoms with van der Waals surface area (Å²) in [5.74, 6) is -0.946. The highest BCUT2D eigenvalue weighted by Crippen LogP contribution is 2.32. The number of alkyl halides is 3. The molecule has 2 nitrogen and oxygen atoms in total. The van der Waals surface area contributed by atoms with Gasteiger partial charge in [-0.05, 0) is 26.0 Å². The maximum absolute atomic E-state index is 12.6. The number of carbonyl (C=O) groups is 1. The lowest BCUT2D eigenvalue weighted by Gasteiger charge is -2.12. The van der Waals surface area contributed by atoms with Gasteiger partial charge in [0.05, 0.1) is 17.7 Å². The minimum Gasteiger partial charge on any atom is -0.462 e. The molecule has 0 fully saturated rings. The van der Waals surface area contributed by atoms with Gasteiger partial charge in [-0.25, -0.2) is 4.79 Å². The fraction of sp³-hybridized carbons (Fsp3) is 0.364. The summed E-state index contributed by atoms with van der Waals surface area (Å²) in [6, 6.07) is 3.38. The molecule has 0 radical (unpaired) electrons. The number of rotatable bonds is 2. The Morgan fingerprint density at radius 2 is 2.00 bits per heavy atom. The van der Waals surface area contributed by atoms with E-state index in [9.17, 15) is 18.0 Å². The van der Waals surface area contributed by atoms with Crippen LogP contribution in [-0.4, -0.2) is 12.6 Å². The lowest BCUT2D eigenvalue weighted by molar-refractivity contribution is -0.138. The fourth-order valence-corrected chi connectivity index (χ4v) is 1.28. The SMILES string of the molecule is CCOC(=O)c1cc(C)ccc1C(F)(F)F. The summed E-state index contributed by atoms with van der Waals surface area (Å²) in [6.07, 6.45) is -4.55. The molecular formula is C11H11F3O2. The second kappa shape index (κ2) is 4.55. The normalized spacial score (nSPS) is 11.3. The van der Waals surface area contributed by atoms with Gasteiger partial charge in [0.25, 0.3) is 0 Å². The van der Waals surface area contributed by atoms with Crippen molar-refractivity contribution in [3.63, 3.8) is 0 Å². The van der Waals surface area contributed by atoms with Crippen LogP contribution in [0.5, 0.6) is 0 Å². The van der Waals surface area contributed by atoms with Crippen molar-refractivity contribution in [2.45, 2.75) is 20.0 Å². The molecule has 0 saturated heterocycles. The van der Waals surface area contributed by atoms with Crippen molar-refractivity contribution < 1.29 is 22.7 Å². The Morgan fingerprint density at radius 1 is 1.38 bits per heavy atom. The van der Waals surface area contributed by atoms with E-state index in [1.807, 2.05) is 0 Å². The smallest absolute Gasteiger partial charge is 0.417 e. The molecule has 0 saturated carbocycles. The van der Waals surface area contributed by atoms with E-state index in [4.69, 9.17) is 0 Å². The van der Waals surface area contributed by atoms with Crippen molar-refractivity contribution in [3.8, 4) is 0 Å². The van der Waals surface area contributed by atoms with E-state index < -0.39 is 23.3 Å². The standard InChI is InChI=1S/C11H11F3O2/c1-3-16-10(15)8-6-7(2)4-5-9(8)11(12,13)14/h4-6H,3H2,1-2H3. The molecule has 1 rings (SSSR count). The lowest BCUT2D eigenvalue weighted by atomic mass is 10.0. The van der Waals surface area contributed by atoms with Gasteiger partial charge in [0.1, 0.15) is 0 Å². The summed E-state index contributed by atoms with van der Waals surface area (Å²) in [6.45, 7) is 3.20. The van der Waals surface area contributed by atoms with Crippen LogP contribution >= 0.6 is 0 Å². The third-order valence-corrected chi connectivity index (χ3v) is 1.98. The minimum absolute atomic E-state index is 0.0457. The second-order valence-corrected chi connectivity index (χ2v) is 3.27. The van der Waals surface area contributed by atoms with Gasteiger partial charge >= 0.3 is 12.1 Å². The van der Waals surface area contributed by atoms with Gasteiger partial charge in [-0.1, -0.05) is 11.6 Å². The third-order valence-electron chi connectivity index (χ3n) is 1.98. The molecular weight excluding hydrogens is 221 g/mol. The maximum atomic E-state index is 12.6. The van der Waals surface area contributed by atoms with Gasteiger partial charge in [-0.2, -0.15) is 13.2 Å². The topological polar surface area (TPSA) is 26.3 Å². The predicted octanol–water partition coefficient (Wildman–Crippen LogP) is 3.19. The third kappa shape index (κ3) is 2.74. The molecule has 0 heterocycles. The molecule has 0 N–H and O–H groups in total. The Hall–Kier alpha value is -1.52. The average molecular weight is 232 g/mol. The monoisotopic (exact) mass is 232 g/mol. The van der Waals surface area contributed by atoms with Crippen LogP contribution in [0.3, 0.4) is 0 Å². The first-order chi connectivity index (χ1) is 7.36. The highest BCUT2D eigenvalue weighted by atomic mass is 19.4. The Morgan fingerprint density at radius 3 is 2.50 bits per heavy atom. The van der Waals surface area contributed by atoms with Crippen molar-refractivity contribution in [2.75, 3.05) is 6.61 Å². The number of halogens is 3. The summed E-state index contributed by atoms with van der Waals surface area (Å²) in [5.41, 5.74) is -0.818. The summed E-state index contributed by atoms with van der Waals surface area (Å²) < 4.78 is 42.3. The van der Waals surface area contributed by atoms with E-state index in [0.717, 1.165) is 6.07 Å². The molecule has 16 heavy (non-hydrogen) atoms. The van der Waals surface area contributed by atoms with Crippen LogP contribution in [0.2, 0.25) is 0 Å². The quantitative estimate of drug-likeness (QED) is 0.732. The lowest BCUT2D eigenvalue weighted by Crippen LogP contribution is -2.15. The van der Waals surface area contributed by atoms with Crippen LogP contribution in [0, 0.1) is 6.92 Å². The van der Waals surface area contributed by atoms with E-state index in [1.54, 1.807) is 13.8 Å². The van der Waals surface area contributed by atoms with Crippen molar-refractivity contribution in [3.05, 3.63) is 34.9 Å². The van der Waals surface area contributed by atoms with Crippen LogP contribution in [0.25, 0.3) is 0 Å². The maximum Gasteiger partial charge on any atom is 0.417 e. The summed E-state index contributed by atoms with van der Waals surface area (Å²) in [5, 5.41) is 0. The second-order valence-electron chi connectivity index (χ2n) is 3.27. The Balaban J connectivity index is 3.24. The Labute approximate surface area is 91.0 Å². The van der Waals surface area contributed by atoms with E-state index in [1.165, 1.54) is 12.1 Å². The minimum atomic E-state index is -4.55. The number of ether oxygens (including phenoxy) is 1. The van der Waals surface area contributed by atoms with Crippen LogP contribution in [0.15, 0.2) is 18.2 Å². The number of carbonyl (C=O) groups excluding carboxylic acids is 1. The van der Waals surface area contributed by atoms with Crippen molar-refractivity contribution >= 4 is 5.97 Å². The zero-order valence-corrected chi connectivity index (χ0v) is 8.89. The Kier molecular flexibility index (Phi) is 3.57. The number of aryl methyl sites for hydroxylation is 1. The summed E-state index contributed by atoms with van der Waals surface area (Å²) >= 11 is 0. The number of benzene rings is 1. The summed E-state index contributed by atoms with van der Waals surface area (Å²) in [4.78, 5) is 11.3. The van der Waals surface area contributed by atoms with Crippen molar-refractivity contribution in [1.82, 2.24) is 0 Å². The van der Waals surface area contributed by atoms with E-state index >= 15 is 0 Å². The molecule has 0 amide bonds. The van der Waals surface area contributed by atoms with E-state index in [0.29, 0.717) is 5.56 Å².